The summed E-state index contributed by atoms with van der Waals surface area (Å²) in [6, 6.07) is 0.480. The van der Waals surface area contributed by atoms with Gasteiger partial charge in [0.05, 0.1) is 6.04 Å². The molecule has 20 heavy (non-hydrogen) atoms. The van der Waals surface area contributed by atoms with E-state index in [1.54, 1.807) is 0 Å². The summed E-state index contributed by atoms with van der Waals surface area (Å²) in [6.45, 7) is 5.29. The highest BCUT2D eigenvalue weighted by Crippen LogP contribution is 2.20. The second kappa shape index (κ2) is 8.85. The largest absolute Gasteiger partial charge is 0.352 e. The number of nitrogens with one attached hydrogen (secondary N) is 2. The molecule has 2 N–H and O–H groups in total. The van der Waals surface area contributed by atoms with Crippen LogP contribution < -0.4 is 10.6 Å². The van der Waals surface area contributed by atoms with Crippen LogP contribution in [-0.4, -0.2) is 49.6 Å². The third kappa shape index (κ3) is 4.90. The van der Waals surface area contributed by atoms with E-state index in [1.165, 1.54) is 38.5 Å². The molecule has 1 atom stereocenters. The van der Waals surface area contributed by atoms with Crippen molar-refractivity contribution in [2.24, 2.45) is 5.92 Å². The van der Waals surface area contributed by atoms with E-state index in [0.29, 0.717) is 6.04 Å². The molecule has 1 aliphatic carbocycles. The van der Waals surface area contributed by atoms with Crippen LogP contribution in [0.1, 0.15) is 45.4 Å². The molecule has 118 valence electrons. The third-order valence-corrected chi connectivity index (χ3v) is 4.77. The average Bonchev–Trinajstić information content (AvgIpc) is 2.92. The Hall–Kier alpha value is -0.320. The molecule has 4 nitrogen and oxygen atoms in total. The van der Waals surface area contributed by atoms with Crippen LogP contribution in [0.5, 0.6) is 0 Å². The minimum atomic E-state index is 0. The maximum Gasteiger partial charge on any atom is 0.237 e. The van der Waals surface area contributed by atoms with Gasteiger partial charge in [0, 0.05) is 6.04 Å². The Morgan fingerprint density at radius 1 is 1.20 bits per heavy atom. The van der Waals surface area contributed by atoms with E-state index in [2.05, 4.69) is 22.5 Å². The third-order valence-electron chi connectivity index (χ3n) is 4.77. The number of amides is 1. The van der Waals surface area contributed by atoms with Crippen LogP contribution in [0.4, 0.5) is 0 Å². The van der Waals surface area contributed by atoms with Gasteiger partial charge in [-0.3, -0.25) is 9.69 Å². The zero-order valence-corrected chi connectivity index (χ0v) is 13.7. The Labute approximate surface area is 129 Å². The zero-order valence-electron chi connectivity index (χ0n) is 12.9. The van der Waals surface area contributed by atoms with E-state index in [9.17, 15) is 4.79 Å². The summed E-state index contributed by atoms with van der Waals surface area (Å²) in [4.78, 5) is 14.6. The molecular weight excluding hydrogens is 274 g/mol. The standard InChI is InChI=1S/C15H29N3O.ClH/c1-12(15(19)17-14-5-3-4-6-14)18-9-7-13(8-10-18)11-16-2;/h12-14,16H,3-11H2,1-2H3,(H,17,19);1H. The minimum absolute atomic E-state index is 0. The highest BCUT2D eigenvalue weighted by Gasteiger charge is 2.28. The van der Waals surface area contributed by atoms with Crippen LogP contribution in [0.2, 0.25) is 0 Å². The van der Waals surface area contributed by atoms with Gasteiger partial charge in [-0.15, -0.1) is 12.4 Å². The number of likely N-dealkylation sites (tertiary alicyclic amines) is 1. The topological polar surface area (TPSA) is 44.4 Å². The molecular formula is C15H30ClN3O. The molecule has 0 aromatic rings. The van der Waals surface area contributed by atoms with Gasteiger partial charge >= 0.3 is 0 Å². The number of nitrogens with zero attached hydrogens (tertiary/aromatic N) is 1. The van der Waals surface area contributed by atoms with Crippen molar-refractivity contribution in [3.05, 3.63) is 0 Å². The second-order valence-corrected chi connectivity index (χ2v) is 6.20. The smallest absolute Gasteiger partial charge is 0.237 e. The molecule has 1 heterocycles. The van der Waals surface area contributed by atoms with Crippen LogP contribution in [0.3, 0.4) is 0 Å². The first-order chi connectivity index (χ1) is 9.20. The highest BCUT2D eigenvalue weighted by molar-refractivity contribution is 5.85. The van der Waals surface area contributed by atoms with Crippen molar-refractivity contribution in [1.82, 2.24) is 15.5 Å². The maximum absolute atomic E-state index is 12.2. The predicted molar refractivity (Wildman–Crippen MR) is 85.3 cm³/mol. The molecule has 0 aromatic carbocycles. The van der Waals surface area contributed by atoms with Crippen molar-refractivity contribution in [3.63, 3.8) is 0 Å². The Kier molecular flexibility index (Phi) is 7.85. The molecule has 0 aromatic heterocycles. The summed E-state index contributed by atoms with van der Waals surface area (Å²) < 4.78 is 0. The fraction of sp³-hybridized carbons (Fsp3) is 0.933. The van der Waals surface area contributed by atoms with Crippen molar-refractivity contribution in [2.45, 2.75) is 57.5 Å². The van der Waals surface area contributed by atoms with Crippen molar-refractivity contribution in [2.75, 3.05) is 26.7 Å². The fourth-order valence-electron chi connectivity index (χ4n) is 3.39. The summed E-state index contributed by atoms with van der Waals surface area (Å²) in [5.41, 5.74) is 0. The first kappa shape index (κ1) is 17.7. The molecule has 0 spiro atoms. The molecule has 1 amide bonds. The number of hydrogen-bond donors (Lipinski definition) is 2. The van der Waals surface area contributed by atoms with E-state index in [0.717, 1.165) is 25.6 Å². The van der Waals surface area contributed by atoms with E-state index < -0.39 is 0 Å². The number of piperidine rings is 1. The minimum Gasteiger partial charge on any atom is -0.352 e. The van der Waals surface area contributed by atoms with E-state index >= 15 is 0 Å². The lowest BCUT2D eigenvalue weighted by atomic mass is 9.96. The highest BCUT2D eigenvalue weighted by atomic mass is 35.5. The van der Waals surface area contributed by atoms with Gasteiger partial charge in [0.15, 0.2) is 0 Å². The van der Waals surface area contributed by atoms with Gasteiger partial charge in [0.2, 0.25) is 5.91 Å². The lowest BCUT2D eigenvalue weighted by molar-refractivity contribution is -0.127. The molecule has 2 aliphatic rings. The van der Waals surface area contributed by atoms with Gasteiger partial charge in [0.1, 0.15) is 0 Å². The molecule has 2 rings (SSSR count). The summed E-state index contributed by atoms with van der Waals surface area (Å²) in [5, 5.41) is 6.47. The molecule has 2 fully saturated rings. The van der Waals surface area contributed by atoms with E-state index in [-0.39, 0.29) is 24.4 Å². The number of rotatable bonds is 5. The van der Waals surface area contributed by atoms with Gasteiger partial charge in [0.25, 0.3) is 0 Å². The molecule has 1 saturated heterocycles. The molecule has 1 unspecified atom stereocenters. The van der Waals surface area contributed by atoms with Gasteiger partial charge in [-0.2, -0.15) is 0 Å². The number of carbonyl (C=O) groups is 1. The SMILES string of the molecule is CNCC1CCN(C(C)C(=O)NC2CCCC2)CC1.Cl. The van der Waals surface area contributed by atoms with Gasteiger partial charge < -0.3 is 10.6 Å². The number of hydrogen-bond acceptors (Lipinski definition) is 3. The lowest BCUT2D eigenvalue weighted by Crippen LogP contribution is -2.50. The number of halogens is 1. The van der Waals surface area contributed by atoms with Crippen molar-refractivity contribution in [1.29, 1.82) is 0 Å². The van der Waals surface area contributed by atoms with Crippen LogP contribution >= 0.6 is 12.4 Å². The normalized spacial score (nSPS) is 23.3. The second-order valence-electron chi connectivity index (χ2n) is 6.20. The Morgan fingerprint density at radius 2 is 1.80 bits per heavy atom. The monoisotopic (exact) mass is 303 g/mol. The fourth-order valence-corrected chi connectivity index (χ4v) is 3.39. The van der Waals surface area contributed by atoms with Crippen LogP contribution in [0.25, 0.3) is 0 Å². The Morgan fingerprint density at radius 3 is 2.35 bits per heavy atom. The lowest BCUT2D eigenvalue weighted by Gasteiger charge is -2.35. The van der Waals surface area contributed by atoms with Crippen LogP contribution in [0.15, 0.2) is 0 Å². The molecule has 0 radical (unpaired) electrons. The summed E-state index contributed by atoms with van der Waals surface area (Å²) in [7, 11) is 2.02. The Bertz CT molecular complexity index is 287. The van der Waals surface area contributed by atoms with Crippen molar-refractivity contribution < 1.29 is 4.79 Å². The van der Waals surface area contributed by atoms with E-state index in [1.807, 2.05) is 7.05 Å². The molecule has 1 saturated carbocycles. The maximum atomic E-state index is 12.2. The summed E-state index contributed by atoms with van der Waals surface area (Å²) >= 11 is 0. The van der Waals surface area contributed by atoms with Gasteiger partial charge in [-0.05, 0) is 65.2 Å². The van der Waals surface area contributed by atoms with Gasteiger partial charge in [-0.25, -0.2) is 0 Å². The quantitative estimate of drug-likeness (QED) is 0.814. The molecule has 5 heteroatoms. The Balaban J connectivity index is 0.00000200. The molecule has 1 aliphatic heterocycles. The predicted octanol–water partition coefficient (Wildman–Crippen LogP) is 1.79. The van der Waals surface area contributed by atoms with Crippen LogP contribution in [-0.2, 0) is 4.79 Å². The molecule has 0 bridgehead atoms. The summed E-state index contributed by atoms with van der Waals surface area (Å²) in [5.74, 6) is 1.02. The number of carbonyl (C=O) groups excluding carboxylic acids is 1. The summed E-state index contributed by atoms with van der Waals surface area (Å²) in [6.07, 6.45) is 7.30. The van der Waals surface area contributed by atoms with Crippen molar-refractivity contribution >= 4 is 18.3 Å². The van der Waals surface area contributed by atoms with E-state index in [4.69, 9.17) is 0 Å². The average molecular weight is 304 g/mol. The van der Waals surface area contributed by atoms with Crippen LogP contribution in [0, 0.1) is 5.92 Å². The van der Waals surface area contributed by atoms with Crippen molar-refractivity contribution in [3.8, 4) is 0 Å². The first-order valence-electron chi connectivity index (χ1n) is 7.89. The zero-order chi connectivity index (χ0) is 13.7. The first-order valence-corrected chi connectivity index (χ1v) is 7.89. The van der Waals surface area contributed by atoms with Gasteiger partial charge in [-0.1, -0.05) is 12.8 Å².